The van der Waals surface area contributed by atoms with Crippen LogP contribution in [0.15, 0.2) is 11.6 Å². The smallest absolute Gasteiger partial charge is 0.212 e. The van der Waals surface area contributed by atoms with Crippen LogP contribution >= 0.6 is 0 Å². The van der Waals surface area contributed by atoms with Crippen LogP contribution in [0.1, 0.15) is 20.3 Å². The molecule has 0 bridgehead atoms. The minimum Gasteiger partial charge on any atom is -0.212 e. The van der Waals surface area contributed by atoms with Gasteiger partial charge in [0, 0.05) is 13.1 Å². The Kier molecular flexibility index (Phi) is 4.24. The van der Waals surface area contributed by atoms with Crippen molar-refractivity contribution in [3.05, 3.63) is 11.6 Å². The van der Waals surface area contributed by atoms with Gasteiger partial charge < -0.3 is 0 Å². The minimum absolute atomic E-state index is 0.188. The van der Waals surface area contributed by atoms with E-state index in [1.165, 1.54) is 0 Å². The molecule has 1 heterocycles. The summed E-state index contributed by atoms with van der Waals surface area (Å²) in [4.78, 5) is 0. The lowest BCUT2D eigenvalue weighted by atomic mass is 10.1. The van der Waals surface area contributed by atoms with Crippen LogP contribution < -0.4 is 0 Å². The molecule has 7 heteroatoms. The van der Waals surface area contributed by atoms with Gasteiger partial charge in [-0.05, 0) is 5.92 Å². The van der Waals surface area contributed by atoms with Gasteiger partial charge in [0.1, 0.15) is 0 Å². The largest absolute Gasteiger partial charge is 0.390 e. The normalized spacial score (nSPS) is 18.8. The average molecular weight is 271 g/mol. The van der Waals surface area contributed by atoms with Crippen molar-refractivity contribution in [2.75, 3.05) is 18.8 Å². The van der Waals surface area contributed by atoms with E-state index in [9.17, 15) is 21.6 Å². The summed E-state index contributed by atoms with van der Waals surface area (Å²) in [6.07, 6.45) is -3.94. The van der Waals surface area contributed by atoms with Crippen LogP contribution in [0.5, 0.6) is 0 Å². The molecule has 0 spiro atoms. The van der Waals surface area contributed by atoms with Crippen molar-refractivity contribution in [3.8, 4) is 0 Å². The lowest BCUT2D eigenvalue weighted by Crippen LogP contribution is -2.33. The van der Waals surface area contributed by atoms with E-state index in [0.717, 1.165) is 9.88 Å². The molecule has 0 saturated carbocycles. The first-order valence-electron chi connectivity index (χ1n) is 5.35. The van der Waals surface area contributed by atoms with Crippen LogP contribution in [0.2, 0.25) is 0 Å². The van der Waals surface area contributed by atoms with Gasteiger partial charge in [0.15, 0.2) is 0 Å². The minimum atomic E-state index is -4.43. The highest BCUT2D eigenvalue weighted by atomic mass is 32.2. The Morgan fingerprint density at radius 1 is 1.41 bits per heavy atom. The van der Waals surface area contributed by atoms with Crippen LogP contribution in [0, 0.1) is 5.92 Å². The molecule has 0 aliphatic carbocycles. The van der Waals surface area contributed by atoms with E-state index in [2.05, 4.69) is 0 Å². The molecule has 100 valence electrons. The standard InChI is InChI=1S/C10H16F3NO2S/c1-8(2)9-3-5-14(7-9)17(15,16)6-4-10(11,12)13/h3,8H,4-7H2,1-2H3. The number of halogens is 3. The molecule has 0 aromatic heterocycles. The van der Waals surface area contributed by atoms with Crippen molar-refractivity contribution in [3.63, 3.8) is 0 Å². The topological polar surface area (TPSA) is 37.4 Å². The van der Waals surface area contributed by atoms with Gasteiger partial charge >= 0.3 is 6.18 Å². The highest BCUT2D eigenvalue weighted by Crippen LogP contribution is 2.24. The van der Waals surface area contributed by atoms with E-state index in [0.29, 0.717) is 0 Å². The third-order valence-corrected chi connectivity index (χ3v) is 4.48. The van der Waals surface area contributed by atoms with Gasteiger partial charge in [0.05, 0.1) is 12.2 Å². The molecule has 3 nitrogen and oxygen atoms in total. The molecule has 0 atom stereocenters. The Labute approximate surface area is 99.3 Å². The fourth-order valence-electron chi connectivity index (χ4n) is 1.56. The van der Waals surface area contributed by atoms with E-state index in [1.54, 1.807) is 6.08 Å². The summed E-state index contributed by atoms with van der Waals surface area (Å²) >= 11 is 0. The summed E-state index contributed by atoms with van der Waals surface area (Å²) in [6, 6.07) is 0. The molecule has 0 amide bonds. The van der Waals surface area contributed by atoms with Crippen molar-refractivity contribution in [1.82, 2.24) is 4.31 Å². The predicted molar refractivity (Wildman–Crippen MR) is 59.0 cm³/mol. The van der Waals surface area contributed by atoms with E-state index in [4.69, 9.17) is 0 Å². The zero-order valence-corrected chi connectivity index (χ0v) is 10.6. The number of rotatable bonds is 4. The fraction of sp³-hybridized carbons (Fsp3) is 0.800. The van der Waals surface area contributed by atoms with E-state index >= 15 is 0 Å². The highest BCUT2D eigenvalue weighted by Gasteiger charge is 2.33. The number of hydrogen-bond donors (Lipinski definition) is 0. The van der Waals surface area contributed by atoms with Gasteiger partial charge in [-0.25, -0.2) is 8.42 Å². The van der Waals surface area contributed by atoms with Gasteiger partial charge in [0.2, 0.25) is 10.0 Å². The third kappa shape index (κ3) is 4.31. The highest BCUT2D eigenvalue weighted by molar-refractivity contribution is 7.89. The Morgan fingerprint density at radius 2 is 2.00 bits per heavy atom. The van der Waals surface area contributed by atoms with Crippen LogP contribution in [-0.4, -0.2) is 37.7 Å². The molecule has 1 rings (SSSR count). The Morgan fingerprint density at radius 3 is 2.41 bits per heavy atom. The van der Waals surface area contributed by atoms with E-state index in [-0.39, 0.29) is 19.0 Å². The Bertz CT molecular complexity index is 398. The first kappa shape index (κ1) is 14.5. The molecular formula is C10H16F3NO2S. The summed E-state index contributed by atoms with van der Waals surface area (Å²) in [5.41, 5.74) is 0.959. The summed E-state index contributed by atoms with van der Waals surface area (Å²) in [5.74, 6) is -0.645. The van der Waals surface area contributed by atoms with Gasteiger partial charge in [-0.15, -0.1) is 0 Å². The maximum Gasteiger partial charge on any atom is 0.390 e. The number of nitrogens with zero attached hydrogens (tertiary/aromatic N) is 1. The second-order valence-corrected chi connectivity index (χ2v) is 6.50. The van der Waals surface area contributed by atoms with Crippen LogP contribution in [0.25, 0.3) is 0 Å². The summed E-state index contributed by atoms with van der Waals surface area (Å²) in [5, 5.41) is 0. The average Bonchev–Trinajstić information content (AvgIpc) is 2.63. The van der Waals surface area contributed by atoms with Gasteiger partial charge in [-0.2, -0.15) is 17.5 Å². The van der Waals surface area contributed by atoms with E-state index < -0.39 is 28.4 Å². The Balaban J connectivity index is 2.58. The van der Waals surface area contributed by atoms with Crippen molar-refractivity contribution >= 4 is 10.0 Å². The van der Waals surface area contributed by atoms with Crippen molar-refractivity contribution in [1.29, 1.82) is 0 Å². The first-order valence-corrected chi connectivity index (χ1v) is 6.96. The lowest BCUT2D eigenvalue weighted by Gasteiger charge is -2.18. The SMILES string of the molecule is CC(C)C1=CCN(S(=O)(=O)CCC(F)(F)F)C1. The maximum absolute atomic E-state index is 12.0. The van der Waals surface area contributed by atoms with Crippen LogP contribution in [0.4, 0.5) is 13.2 Å². The Hall–Kier alpha value is -0.560. The monoisotopic (exact) mass is 271 g/mol. The second-order valence-electron chi connectivity index (χ2n) is 4.41. The number of alkyl halides is 3. The molecule has 0 radical (unpaired) electrons. The molecular weight excluding hydrogens is 255 g/mol. The molecule has 0 fully saturated rings. The molecule has 1 aliphatic heterocycles. The van der Waals surface area contributed by atoms with Crippen molar-refractivity contribution in [2.45, 2.75) is 26.4 Å². The molecule has 0 saturated heterocycles. The second kappa shape index (κ2) is 4.97. The van der Waals surface area contributed by atoms with Crippen LogP contribution in [0.3, 0.4) is 0 Å². The van der Waals surface area contributed by atoms with Gasteiger partial charge in [-0.1, -0.05) is 25.5 Å². The van der Waals surface area contributed by atoms with Gasteiger partial charge in [0.25, 0.3) is 0 Å². The number of hydrogen-bond acceptors (Lipinski definition) is 2. The lowest BCUT2D eigenvalue weighted by molar-refractivity contribution is -0.130. The van der Waals surface area contributed by atoms with E-state index in [1.807, 2.05) is 13.8 Å². The quantitative estimate of drug-likeness (QED) is 0.735. The zero-order chi connectivity index (χ0) is 13.3. The summed E-state index contributed by atoms with van der Waals surface area (Å²) < 4.78 is 60.3. The van der Waals surface area contributed by atoms with Crippen molar-refractivity contribution < 1.29 is 21.6 Å². The molecule has 0 unspecified atom stereocenters. The molecule has 0 aromatic rings. The summed E-state index contributed by atoms with van der Waals surface area (Å²) in [7, 11) is -3.80. The molecule has 0 aromatic carbocycles. The van der Waals surface area contributed by atoms with Gasteiger partial charge in [-0.3, -0.25) is 0 Å². The molecule has 0 N–H and O–H groups in total. The predicted octanol–water partition coefficient (Wildman–Crippen LogP) is 2.17. The maximum atomic E-state index is 12.0. The van der Waals surface area contributed by atoms with Crippen molar-refractivity contribution in [2.24, 2.45) is 5.92 Å². The first-order chi connectivity index (χ1) is 7.62. The molecule has 1 aliphatic rings. The zero-order valence-electron chi connectivity index (χ0n) is 9.79. The fourth-order valence-corrected chi connectivity index (χ4v) is 2.95. The molecule has 17 heavy (non-hydrogen) atoms. The third-order valence-electron chi connectivity index (χ3n) is 2.69. The summed E-state index contributed by atoms with van der Waals surface area (Å²) in [6.45, 7) is 4.26. The van der Waals surface area contributed by atoms with Crippen LogP contribution in [-0.2, 0) is 10.0 Å². The number of sulfonamides is 1.